The molecule has 6 nitrogen and oxygen atoms in total. The van der Waals surface area contributed by atoms with Crippen LogP contribution in [0.5, 0.6) is 0 Å². The van der Waals surface area contributed by atoms with Crippen LogP contribution in [0.25, 0.3) is 0 Å². The van der Waals surface area contributed by atoms with Gasteiger partial charge in [0, 0.05) is 19.6 Å². The van der Waals surface area contributed by atoms with Crippen molar-refractivity contribution in [3.8, 4) is 0 Å². The Labute approximate surface area is 161 Å². The van der Waals surface area contributed by atoms with Crippen molar-refractivity contribution in [3.63, 3.8) is 0 Å². The normalized spacial score (nSPS) is 20.0. The summed E-state index contributed by atoms with van der Waals surface area (Å²) in [6, 6.07) is 3.57. The molecule has 1 aromatic rings. The van der Waals surface area contributed by atoms with E-state index in [1.807, 2.05) is 0 Å². The highest BCUT2D eigenvalue weighted by atomic mass is 19.4. The van der Waals surface area contributed by atoms with Crippen LogP contribution in [0.4, 0.5) is 23.8 Å². The average molecular weight is 399 g/mol. The van der Waals surface area contributed by atoms with Gasteiger partial charge in [-0.15, -0.1) is 0 Å². The fraction of sp³-hybridized carbons (Fsp3) is 0.632. The number of piperidine rings is 1. The molecule has 2 aliphatic heterocycles. The lowest BCUT2D eigenvalue weighted by Gasteiger charge is -2.38. The SMILES string of the molecule is CC(C)(C)OC(=O)N1CCC2(CC1)CCN(c1cccc(C(F)(F)F)n1)C2=O. The van der Waals surface area contributed by atoms with Crippen LogP contribution in [0.2, 0.25) is 0 Å². The van der Waals surface area contributed by atoms with Crippen molar-refractivity contribution in [2.75, 3.05) is 24.5 Å². The first-order valence-electron chi connectivity index (χ1n) is 9.25. The molecule has 2 saturated heterocycles. The van der Waals surface area contributed by atoms with Gasteiger partial charge in [-0.2, -0.15) is 13.2 Å². The number of likely N-dealkylation sites (tertiary alicyclic amines) is 1. The first-order chi connectivity index (χ1) is 12.9. The van der Waals surface area contributed by atoms with Gasteiger partial charge >= 0.3 is 12.3 Å². The zero-order chi connectivity index (χ0) is 20.7. The topological polar surface area (TPSA) is 62.7 Å². The van der Waals surface area contributed by atoms with E-state index in [4.69, 9.17) is 4.74 Å². The van der Waals surface area contributed by atoms with Crippen molar-refractivity contribution in [1.29, 1.82) is 0 Å². The fourth-order valence-electron chi connectivity index (χ4n) is 3.68. The predicted octanol–water partition coefficient (Wildman–Crippen LogP) is 3.85. The smallest absolute Gasteiger partial charge is 0.433 e. The highest BCUT2D eigenvalue weighted by Crippen LogP contribution is 2.43. The number of amides is 2. The maximum Gasteiger partial charge on any atom is 0.433 e. The molecule has 154 valence electrons. The Kier molecular flexibility index (Phi) is 5.05. The molecule has 2 amide bonds. The number of anilines is 1. The Balaban J connectivity index is 1.69. The highest BCUT2D eigenvalue weighted by Gasteiger charge is 2.50. The second kappa shape index (κ2) is 6.93. The summed E-state index contributed by atoms with van der Waals surface area (Å²) in [5.41, 5.74) is -2.27. The highest BCUT2D eigenvalue weighted by molar-refractivity contribution is 5.99. The number of carbonyl (C=O) groups excluding carboxylic acids is 2. The number of aromatic nitrogens is 1. The van der Waals surface area contributed by atoms with Crippen LogP contribution in [0, 0.1) is 5.41 Å². The van der Waals surface area contributed by atoms with Gasteiger partial charge < -0.3 is 9.64 Å². The number of nitrogens with zero attached hydrogens (tertiary/aromatic N) is 3. The number of hydrogen-bond donors (Lipinski definition) is 0. The number of carbonyl (C=O) groups is 2. The molecule has 1 spiro atoms. The van der Waals surface area contributed by atoms with Crippen molar-refractivity contribution in [2.45, 2.75) is 51.8 Å². The Morgan fingerprint density at radius 3 is 2.29 bits per heavy atom. The summed E-state index contributed by atoms with van der Waals surface area (Å²) in [6.45, 7) is 6.44. The van der Waals surface area contributed by atoms with Gasteiger partial charge in [-0.05, 0) is 52.2 Å². The Hall–Kier alpha value is -2.32. The molecule has 0 unspecified atom stereocenters. The van der Waals surface area contributed by atoms with Crippen LogP contribution >= 0.6 is 0 Å². The zero-order valence-corrected chi connectivity index (χ0v) is 16.2. The summed E-state index contributed by atoms with van der Waals surface area (Å²) >= 11 is 0. The van der Waals surface area contributed by atoms with E-state index in [0.29, 0.717) is 38.9 Å². The van der Waals surface area contributed by atoms with Gasteiger partial charge in [-0.3, -0.25) is 9.69 Å². The molecule has 9 heteroatoms. The van der Waals surface area contributed by atoms with E-state index < -0.39 is 29.0 Å². The van der Waals surface area contributed by atoms with E-state index in [2.05, 4.69) is 4.98 Å². The maximum atomic E-state index is 13.0. The Morgan fingerprint density at radius 2 is 1.71 bits per heavy atom. The van der Waals surface area contributed by atoms with Gasteiger partial charge in [0.2, 0.25) is 5.91 Å². The third-order valence-electron chi connectivity index (χ3n) is 5.19. The van der Waals surface area contributed by atoms with E-state index in [9.17, 15) is 22.8 Å². The van der Waals surface area contributed by atoms with Crippen LogP contribution in [0.1, 0.15) is 45.7 Å². The Morgan fingerprint density at radius 1 is 1.11 bits per heavy atom. The Bertz CT molecular complexity index is 766. The van der Waals surface area contributed by atoms with Crippen LogP contribution in [0.15, 0.2) is 18.2 Å². The lowest BCUT2D eigenvalue weighted by Crippen LogP contribution is -2.48. The van der Waals surface area contributed by atoms with Gasteiger partial charge in [0.15, 0.2) is 0 Å². The average Bonchev–Trinajstić information content (AvgIpc) is 2.90. The third-order valence-corrected chi connectivity index (χ3v) is 5.19. The van der Waals surface area contributed by atoms with Crippen LogP contribution in [0.3, 0.4) is 0 Å². The largest absolute Gasteiger partial charge is 0.444 e. The van der Waals surface area contributed by atoms with Gasteiger partial charge in [0.1, 0.15) is 17.1 Å². The van der Waals surface area contributed by atoms with Crippen LogP contribution in [-0.4, -0.2) is 47.1 Å². The quantitative estimate of drug-likeness (QED) is 0.720. The third kappa shape index (κ3) is 4.07. The van der Waals surface area contributed by atoms with Crippen molar-refractivity contribution >= 4 is 17.8 Å². The van der Waals surface area contributed by atoms with Crippen molar-refractivity contribution < 1.29 is 27.5 Å². The number of rotatable bonds is 1. The summed E-state index contributed by atoms with van der Waals surface area (Å²) in [6.07, 6.45) is -3.52. The molecule has 28 heavy (non-hydrogen) atoms. The number of halogens is 3. The molecule has 3 rings (SSSR count). The fourth-order valence-corrected chi connectivity index (χ4v) is 3.68. The van der Waals surface area contributed by atoms with Gasteiger partial charge in [-0.1, -0.05) is 6.07 Å². The lowest BCUT2D eigenvalue weighted by molar-refractivity contribution is -0.141. The summed E-state index contributed by atoms with van der Waals surface area (Å²) in [5, 5.41) is 0. The number of pyridine rings is 1. The van der Waals surface area contributed by atoms with E-state index in [1.54, 1.807) is 25.7 Å². The molecule has 3 heterocycles. The van der Waals surface area contributed by atoms with E-state index in [-0.39, 0.29) is 11.7 Å². The van der Waals surface area contributed by atoms with Gasteiger partial charge in [0.25, 0.3) is 0 Å². The summed E-state index contributed by atoms with van der Waals surface area (Å²) in [7, 11) is 0. The second-order valence-electron chi connectivity index (χ2n) is 8.33. The van der Waals surface area contributed by atoms with Crippen LogP contribution in [-0.2, 0) is 15.7 Å². The lowest BCUT2D eigenvalue weighted by atomic mass is 9.77. The van der Waals surface area contributed by atoms with Gasteiger partial charge in [-0.25, -0.2) is 9.78 Å². The summed E-state index contributed by atoms with van der Waals surface area (Å²) in [5.74, 6) is -0.200. The monoisotopic (exact) mass is 399 g/mol. The first kappa shape index (κ1) is 20.4. The minimum atomic E-state index is -4.56. The molecule has 2 fully saturated rings. The summed E-state index contributed by atoms with van der Waals surface area (Å²) in [4.78, 5) is 31.8. The first-order valence-corrected chi connectivity index (χ1v) is 9.25. The molecule has 0 aromatic carbocycles. The van der Waals surface area contributed by atoms with Crippen molar-refractivity contribution in [1.82, 2.24) is 9.88 Å². The maximum absolute atomic E-state index is 13.0. The minimum absolute atomic E-state index is 0.0197. The van der Waals surface area contributed by atoms with Crippen molar-refractivity contribution in [2.24, 2.45) is 5.41 Å². The van der Waals surface area contributed by atoms with Crippen LogP contribution < -0.4 is 4.90 Å². The molecule has 1 aromatic heterocycles. The molecule has 0 bridgehead atoms. The molecule has 0 radical (unpaired) electrons. The predicted molar refractivity (Wildman–Crippen MR) is 95.7 cm³/mol. The number of hydrogen-bond acceptors (Lipinski definition) is 4. The molecule has 0 aliphatic carbocycles. The minimum Gasteiger partial charge on any atom is -0.444 e. The second-order valence-corrected chi connectivity index (χ2v) is 8.33. The molecule has 0 N–H and O–H groups in total. The van der Waals surface area contributed by atoms with Crippen molar-refractivity contribution in [3.05, 3.63) is 23.9 Å². The van der Waals surface area contributed by atoms with E-state index in [0.717, 1.165) is 6.07 Å². The van der Waals surface area contributed by atoms with Gasteiger partial charge in [0.05, 0.1) is 5.41 Å². The summed E-state index contributed by atoms with van der Waals surface area (Å²) < 4.78 is 44.1. The molecule has 2 aliphatic rings. The van der Waals surface area contributed by atoms with E-state index in [1.165, 1.54) is 17.0 Å². The molecule has 0 atom stereocenters. The number of ether oxygens (including phenoxy) is 1. The standard InChI is InChI=1S/C19H24F3N3O3/c1-17(2,3)28-16(27)24-10-7-18(8-11-24)9-12-25(15(18)26)14-6-4-5-13(23-14)19(20,21)22/h4-6H,7-12H2,1-3H3. The molecule has 0 saturated carbocycles. The zero-order valence-electron chi connectivity index (χ0n) is 16.2. The molecular weight excluding hydrogens is 375 g/mol. The number of alkyl halides is 3. The molecular formula is C19H24F3N3O3. The van der Waals surface area contributed by atoms with E-state index >= 15 is 0 Å².